The lowest BCUT2D eigenvalue weighted by molar-refractivity contribution is -0.144. The van der Waals surface area contributed by atoms with E-state index < -0.39 is 0 Å². The van der Waals surface area contributed by atoms with Crippen LogP contribution in [-0.2, 0) is 4.79 Å². The fourth-order valence-electron chi connectivity index (χ4n) is 2.22. The number of likely N-dealkylation sites (tertiary alicyclic amines) is 1. The van der Waals surface area contributed by atoms with Gasteiger partial charge in [-0.1, -0.05) is 13.3 Å². The van der Waals surface area contributed by atoms with Crippen molar-refractivity contribution in [3.05, 3.63) is 0 Å². The van der Waals surface area contributed by atoms with Gasteiger partial charge in [0.25, 0.3) is 0 Å². The van der Waals surface area contributed by atoms with Crippen LogP contribution in [-0.4, -0.2) is 23.9 Å². The Bertz CT molecular complexity index is 190. The summed E-state index contributed by atoms with van der Waals surface area (Å²) in [5, 5.41) is 0. The molecule has 0 atom stereocenters. The Balaban J connectivity index is 1.98. The highest BCUT2D eigenvalue weighted by Gasteiger charge is 2.42. The van der Waals surface area contributed by atoms with Gasteiger partial charge in [-0.2, -0.15) is 0 Å². The van der Waals surface area contributed by atoms with Crippen molar-refractivity contribution in [2.24, 2.45) is 5.41 Å². The van der Waals surface area contributed by atoms with Crippen molar-refractivity contribution in [2.75, 3.05) is 13.1 Å². The molecule has 2 rings (SSSR count). The van der Waals surface area contributed by atoms with E-state index in [1.54, 1.807) is 0 Å². The van der Waals surface area contributed by atoms with Crippen LogP contribution in [0.15, 0.2) is 0 Å². The standard InChI is InChI=1S/C10H17NO/c1-10(5-4-6-10)9(12)11-7-2-3-8-11/h2-8H2,1H3. The molecule has 2 nitrogen and oxygen atoms in total. The van der Waals surface area contributed by atoms with Gasteiger partial charge in [-0.05, 0) is 25.7 Å². The molecular weight excluding hydrogens is 150 g/mol. The smallest absolute Gasteiger partial charge is 0.228 e. The molecule has 2 heteroatoms. The zero-order valence-corrected chi connectivity index (χ0v) is 7.81. The third-order valence-electron chi connectivity index (χ3n) is 3.37. The molecule has 1 aliphatic carbocycles. The second-order valence-electron chi connectivity index (χ2n) is 4.41. The normalized spacial score (nSPS) is 26.9. The number of carbonyl (C=O) groups is 1. The molecule has 1 amide bonds. The van der Waals surface area contributed by atoms with Crippen LogP contribution in [0.4, 0.5) is 0 Å². The van der Waals surface area contributed by atoms with Crippen LogP contribution in [0.5, 0.6) is 0 Å². The van der Waals surface area contributed by atoms with Crippen molar-refractivity contribution in [3.63, 3.8) is 0 Å². The number of rotatable bonds is 1. The van der Waals surface area contributed by atoms with Crippen molar-refractivity contribution in [1.29, 1.82) is 0 Å². The summed E-state index contributed by atoms with van der Waals surface area (Å²) in [4.78, 5) is 13.9. The second-order valence-corrected chi connectivity index (χ2v) is 4.41. The minimum absolute atomic E-state index is 0.0321. The predicted octanol–water partition coefficient (Wildman–Crippen LogP) is 1.80. The van der Waals surface area contributed by atoms with Gasteiger partial charge in [0.2, 0.25) is 5.91 Å². The van der Waals surface area contributed by atoms with Gasteiger partial charge in [-0.3, -0.25) is 4.79 Å². The highest BCUT2D eigenvalue weighted by atomic mass is 16.2. The third kappa shape index (κ3) is 1.13. The van der Waals surface area contributed by atoms with Crippen molar-refractivity contribution in [2.45, 2.75) is 39.0 Å². The van der Waals surface area contributed by atoms with Gasteiger partial charge >= 0.3 is 0 Å². The lowest BCUT2D eigenvalue weighted by atomic mass is 9.69. The Morgan fingerprint density at radius 1 is 1.17 bits per heavy atom. The van der Waals surface area contributed by atoms with Crippen LogP contribution < -0.4 is 0 Å². The first-order chi connectivity index (χ1) is 5.72. The van der Waals surface area contributed by atoms with Crippen LogP contribution in [0.2, 0.25) is 0 Å². The van der Waals surface area contributed by atoms with E-state index in [0.29, 0.717) is 5.91 Å². The molecule has 68 valence electrons. The summed E-state index contributed by atoms with van der Waals surface area (Å²) in [6.45, 7) is 4.14. The Hall–Kier alpha value is -0.530. The maximum Gasteiger partial charge on any atom is 0.228 e. The van der Waals surface area contributed by atoms with E-state index in [9.17, 15) is 4.79 Å². The average molecular weight is 167 g/mol. The topological polar surface area (TPSA) is 20.3 Å². The molecule has 0 aromatic rings. The second kappa shape index (κ2) is 2.75. The Morgan fingerprint density at radius 2 is 1.75 bits per heavy atom. The summed E-state index contributed by atoms with van der Waals surface area (Å²) in [7, 11) is 0. The van der Waals surface area contributed by atoms with E-state index in [0.717, 1.165) is 25.9 Å². The minimum Gasteiger partial charge on any atom is -0.342 e. The van der Waals surface area contributed by atoms with Crippen LogP contribution >= 0.6 is 0 Å². The molecule has 12 heavy (non-hydrogen) atoms. The first kappa shape index (κ1) is 8.09. The highest BCUT2D eigenvalue weighted by molar-refractivity contribution is 5.83. The quantitative estimate of drug-likeness (QED) is 0.583. The lowest BCUT2D eigenvalue weighted by Crippen LogP contribution is -2.44. The molecule has 2 fully saturated rings. The number of hydrogen-bond acceptors (Lipinski definition) is 1. The van der Waals surface area contributed by atoms with Gasteiger partial charge in [0.05, 0.1) is 0 Å². The third-order valence-corrected chi connectivity index (χ3v) is 3.37. The first-order valence-corrected chi connectivity index (χ1v) is 5.02. The van der Waals surface area contributed by atoms with Gasteiger partial charge in [-0.25, -0.2) is 0 Å². The highest BCUT2D eigenvalue weighted by Crippen LogP contribution is 2.42. The van der Waals surface area contributed by atoms with Gasteiger partial charge in [-0.15, -0.1) is 0 Å². The van der Waals surface area contributed by atoms with Crippen molar-refractivity contribution < 1.29 is 4.79 Å². The van der Waals surface area contributed by atoms with Gasteiger partial charge in [0.1, 0.15) is 0 Å². The van der Waals surface area contributed by atoms with Gasteiger partial charge in [0, 0.05) is 18.5 Å². The predicted molar refractivity (Wildman–Crippen MR) is 47.8 cm³/mol. The van der Waals surface area contributed by atoms with Crippen molar-refractivity contribution in [1.82, 2.24) is 4.90 Å². The maximum atomic E-state index is 11.9. The molecule has 1 heterocycles. The van der Waals surface area contributed by atoms with Crippen LogP contribution in [0.1, 0.15) is 39.0 Å². The molecule has 0 unspecified atom stereocenters. The summed E-state index contributed by atoms with van der Waals surface area (Å²) in [5.41, 5.74) is 0.0321. The summed E-state index contributed by atoms with van der Waals surface area (Å²) in [6.07, 6.45) is 5.89. The Labute approximate surface area is 73.9 Å². The van der Waals surface area contributed by atoms with E-state index in [-0.39, 0.29) is 5.41 Å². The van der Waals surface area contributed by atoms with Gasteiger partial charge in [0.15, 0.2) is 0 Å². The van der Waals surface area contributed by atoms with E-state index in [4.69, 9.17) is 0 Å². The fraction of sp³-hybridized carbons (Fsp3) is 0.900. The Kier molecular flexibility index (Phi) is 1.85. The number of amides is 1. The van der Waals surface area contributed by atoms with E-state index in [1.165, 1.54) is 19.3 Å². The molecule has 0 N–H and O–H groups in total. The molecular formula is C10H17NO. The number of carbonyl (C=O) groups excluding carboxylic acids is 1. The zero-order chi connectivity index (χ0) is 8.60. The van der Waals surface area contributed by atoms with E-state index in [2.05, 4.69) is 11.8 Å². The molecule has 0 spiro atoms. The molecule has 1 saturated carbocycles. The van der Waals surface area contributed by atoms with Crippen molar-refractivity contribution >= 4 is 5.91 Å². The zero-order valence-electron chi connectivity index (χ0n) is 7.81. The monoisotopic (exact) mass is 167 g/mol. The summed E-state index contributed by atoms with van der Waals surface area (Å²) >= 11 is 0. The SMILES string of the molecule is CC1(C(=O)N2CCCC2)CCC1. The maximum absolute atomic E-state index is 11.9. The van der Waals surface area contributed by atoms with Crippen LogP contribution in [0.3, 0.4) is 0 Å². The molecule has 0 bridgehead atoms. The number of nitrogens with zero attached hydrogens (tertiary/aromatic N) is 1. The Morgan fingerprint density at radius 3 is 2.17 bits per heavy atom. The lowest BCUT2D eigenvalue weighted by Gasteiger charge is -2.39. The summed E-state index contributed by atoms with van der Waals surface area (Å²) < 4.78 is 0. The minimum atomic E-state index is 0.0321. The van der Waals surface area contributed by atoms with Crippen LogP contribution in [0, 0.1) is 5.41 Å². The average Bonchev–Trinajstić information content (AvgIpc) is 2.50. The largest absolute Gasteiger partial charge is 0.342 e. The fourth-order valence-corrected chi connectivity index (χ4v) is 2.22. The van der Waals surface area contributed by atoms with Gasteiger partial charge < -0.3 is 4.90 Å². The molecule has 2 aliphatic rings. The molecule has 1 aliphatic heterocycles. The molecule has 0 radical (unpaired) electrons. The summed E-state index contributed by atoms with van der Waals surface area (Å²) in [6, 6.07) is 0. The van der Waals surface area contributed by atoms with E-state index in [1.807, 2.05) is 0 Å². The van der Waals surface area contributed by atoms with Crippen molar-refractivity contribution in [3.8, 4) is 0 Å². The molecule has 0 aromatic heterocycles. The van der Waals surface area contributed by atoms with Crippen LogP contribution in [0.25, 0.3) is 0 Å². The molecule has 0 aromatic carbocycles. The molecule has 1 saturated heterocycles. The first-order valence-electron chi connectivity index (χ1n) is 5.02. The van der Waals surface area contributed by atoms with E-state index >= 15 is 0 Å². The summed E-state index contributed by atoms with van der Waals surface area (Å²) in [5.74, 6) is 0.422. The number of hydrogen-bond donors (Lipinski definition) is 0.